The van der Waals surface area contributed by atoms with Crippen LogP contribution in [0.15, 0.2) is 42.3 Å². The SMILES string of the molecule is C=C(/C=C1/CN(C(=O)c2cccn2C)CCN1N)C(=O)NO. The lowest BCUT2D eigenvalue weighted by Crippen LogP contribution is -2.50. The molecule has 0 unspecified atom stereocenters. The van der Waals surface area contributed by atoms with Gasteiger partial charge in [0.2, 0.25) is 0 Å². The number of nitrogens with one attached hydrogen (secondary N) is 1. The number of hydrogen-bond acceptors (Lipinski definition) is 5. The number of rotatable bonds is 3. The standard InChI is InChI=1S/C14H19N5O3/c1-10(13(20)16-22)8-11-9-18(6-7-19(11)15)14(21)12-4-3-5-17(12)2/h3-5,8,22H,1,6-7,9,15H2,2H3,(H,16,20)/b11-8-. The maximum atomic E-state index is 12.5. The predicted molar refractivity (Wildman–Crippen MR) is 79.4 cm³/mol. The van der Waals surface area contributed by atoms with Crippen LogP contribution in [0.25, 0.3) is 0 Å². The highest BCUT2D eigenvalue weighted by Crippen LogP contribution is 2.15. The first-order chi connectivity index (χ1) is 10.4. The average molecular weight is 305 g/mol. The van der Waals surface area contributed by atoms with E-state index in [9.17, 15) is 9.59 Å². The van der Waals surface area contributed by atoms with Crippen LogP contribution in [0.3, 0.4) is 0 Å². The summed E-state index contributed by atoms with van der Waals surface area (Å²) in [5.74, 6) is 5.04. The van der Waals surface area contributed by atoms with Crippen LogP contribution in [0.1, 0.15) is 10.5 Å². The van der Waals surface area contributed by atoms with E-state index in [4.69, 9.17) is 11.0 Å². The molecule has 0 saturated carbocycles. The molecule has 118 valence electrons. The minimum absolute atomic E-state index is 0.0566. The zero-order valence-electron chi connectivity index (χ0n) is 12.3. The number of nitrogens with zero attached hydrogens (tertiary/aromatic N) is 3. The second-order valence-corrected chi connectivity index (χ2v) is 5.03. The number of aryl methyl sites for hydroxylation is 1. The molecule has 1 aromatic heterocycles. The van der Waals surface area contributed by atoms with E-state index in [0.29, 0.717) is 24.5 Å². The number of piperazine rings is 1. The number of amides is 2. The lowest BCUT2D eigenvalue weighted by atomic mass is 10.2. The number of carbonyl (C=O) groups excluding carboxylic acids is 2. The fraction of sp³-hybridized carbons (Fsp3) is 0.286. The fourth-order valence-electron chi connectivity index (χ4n) is 2.22. The van der Waals surface area contributed by atoms with Crippen molar-refractivity contribution >= 4 is 11.8 Å². The third-order valence-electron chi connectivity index (χ3n) is 3.52. The van der Waals surface area contributed by atoms with Gasteiger partial charge in [0.05, 0.1) is 13.1 Å². The van der Waals surface area contributed by atoms with Crippen LogP contribution in [0.2, 0.25) is 0 Å². The number of hydrazine groups is 1. The number of hydroxylamine groups is 1. The normalized spacial score (nSPS) is 16.8. The van der Waals surface area contributed by atoms with Gasteiger partial charge < -0.3 is 14.5 Å². The van der Waals surface area contributed by atoms with Crippen molar-refractivity contribution in [3.8, 4) is 0 Å². The molecule has 22 heavy (non-hydrogen) atoms. The molecule has 2 amide bonds. The van der Waals surface area contributed by atoms with E-state index < -0.39 is 5.91 Å². The van der Waals surface area contributed by atoms with Gasteiger partial charge >= 0.3 is 0 Å². The number of aromatic nitrogens is 1. The van der Waals surface area contributed by atoms with Crippen molar-refractivity contribution in [3.05, 3.63) is 47.9 Å². The number of hydrogen-bond donors (Lipinski definition) is 3. The molecule has 0 aliphatic carbocycles. The fourth-order valence-corrected chi connectivity index (χ4v) is 2.22. The van der Waals surface area contributed by atoms with Gasteiger partial charge in [-0.2, -0.15) is 0 Å². The van der Waals surface area contributed by atoms with Gasteiger partial charge in [-0.1, -0.05) is 6.58 Å². The van der Waals surface area contributed by atoms with E-state index in [2.05, 4.69) is 6.58 Å². The summed E-state index contributed by atoms with van der Waals surface area (Å²) < 4.78 is 1.75. The van der Waals surface area contributed by atoms with E-state index in [1.807, 2.05) is 0 Å². The van der Waals surface area contributed by atoms with Crippen molar-refractivity contribution in [3.63, 3.8) is 0 Å². The van der Waals surface area contributed by atoms with E-state index in [0.717, 1.165) is 0 Å². The van der Waals surface area contributed by atoms with Crippen molar-refractivity contribution in [2.24, 2.45) is 12.9 Å². The van der Waals surface area contributed by atoms with Crippen molar-refractivity contribution in [1.82, 2.24) is 20.0 Å². The summed E-state index contributed by atoms with van der Waals surface area (Å²) in [7, 11) is 1.80. The summed E-state index contributed by atoms with van der Waals surface area (Å²) >= 11 is 0. The first-order valence-electron chi connectivity index (χ1n) is 6.70. The molecule has 0 spiro atoms. The molecule has 2 rings (SSSR count). The van der Waals surface area contributed by atoms with Crippen LogP contribution >= 0.6 is 0 Å². The van der Waals surface area contributed by atoms with Gasteiger partial charge in [0.15, 0.2) is 0 Å². The van der Waals surface area contributed by atoms with E-state index in [1.54, 1.807) is 34.8 Å². The van der Waals surface area contributed by atoms with Gasteiger partial charge in [0, 0.05) is 31.1 Å². The topological polar surface area (TPSA) is 104 Å². The summed E-state index contributed by atoms with van der Waals surface area (Å²) in [4.78, 5) is 25.4. The lowest BCUT2D eigenvalue weighted by molar-refractivity contribution is -0.124. The Morgan fingerprint density at radius 1 is 1.45 bits per heavy atom. The average Bonchev–Trinajstić information content (AvgIpc) is 2.93. The molecular weight excluding hydrogens is 286 g/mol. The minimum Gasteiger partial charge on any atom is -0.347 e. The number of carbonyl (C=O) groups is 2. The third-order valence-corrected chi connectivity index (χ3v) is 3.52. The predicted octanol–water partition coefficient (Wildman–Crippen LogP) is -0.398. The van der Waals surface area contributed by atoms with E-state index in [1.165, 1.54) is 16.6 Å². The Bertz CT molecular complexity index is 634. The molecule has 0 aromatic carbocycles. The Balaban J connectivity index is 2.16. The van der Waals surface area contributed by atoms with E-state index >= 15 is 0 Å². The smallest absolute Gasteiger partial charge is 0.274 e. The molecule has 1 aromatic rings. The number of nitrogens with two attached hydrogens (primary N) is 1. The molecule has 1 saturated heterocycles. The molecule has 8 nitrogen and oxygen atoms in total. The van der Waals surface area contributed by atoms with Crippen LogP contribution in [0.5, 0.6) is 0 Å². The highest BCUT2D eigenvalue weighted by Gasteiger charge is 2.25. The second kappa shape index (κ2) is 6.46. The highest BCUT2D eigenvalue weighted by molar-refractivity contribution is 5.95. The first kappa shape index (κ1) is 15.8. The van der Waals surface area contributed by atoms with Crippen LogP contribution < -0.4 is 11.3 Å². The van der Waals surface area contributed by atoms with Gasteiger partial charge in [-0.3, -0.25) is 14.8 Å². The van der Waals surface area contributed by atoms with Crippen LogP contribution in [-0.2, 0) is 11.8 Å². The van der Waals surface area contributed by atoms with Gasteiger partial charge in [0.1, 0.15) is 5.69 Å². The quantitative estimate of drug-likeness (QED) is 0.305. The maximum absolute atomic E-state index is 12.5. The summed E-state index contributed by atoms with van der Waals surface area (Å²) in [6.07, 6.45) is 3.26. The summed E-state index contributed by atoms with van der Waals surface area (Å²) in [6, 6.07) is 3.55. The molecule has 1 aliphatic heterocycles. The summed E-state index contributed by atoms with van der Waals surface area (Å²) in [5, 5.41) is 10.1. The van der Waals surface area contributed by atoms with Crippen molar-refractivity contribution in [1.29, 1.82) is 0 Å². The van der Waals surface area contributed by atoms with Crippen molar-refractivity contribution < 1.29 is 14.8 Å². The van der Waals surface area contributed by atoms with Crippen molar-refractivity contribution in [2.75, 3.05) is 19.6 Å². The molecule has 1 fully saturated rings. The Morgan fingerprint density at radius 2 is 2.18 bits per heavy atom. The Labute approximate surface area is 128 Å². The van der Waals surface area contributed by atoms with Crippen LogP contribution in [0.4, 0.5) is 0 Å². The van der Waals surface area contributed by atoms with Crippen molar-refractivity contribution in [2.45, 2.75) is 0 Å². The zero-order chi connectivity index (χ0) is 16.3. The minimum atomic E-state index is -0.716. The molecular formula is C14H19N5O3. The molecule has 8 heteroatoms. The Morgan fingerprint density at radius 3 is 2.77 bits per heavy atom. The monoisotopic (exact) mass is 305 g/mol. The maximum Gasteiger partial charge on any atom is 0.274 e. The molecule has 1 aliphatic rings. The molecule has 0 radical (unpaired) electrons. The van der Waals surface area contributed by atoms with Gasteiger partial charge in [-0.05, 0) is 18.2 Å². The molecule has 0 atom stereocenters. The van der Waals surface area contributed by atoms with Crippen LogP contribution in [0, 0.1) is 0 Å². The Hall–Kier alpha value is -2.58. The lowest BCUT2D eigenvalue weighted by Gasteiger charge is -2.35. The zero-order valence-corrected chi connectivity index (χ0v) is 12.3. The largest absolute Gasteiger partial charge is 0.347 e. The Kier molecular flexibility index (Phi) is 4.64. The molecule has 4 N–H and O–H groups in total. The second-order valence-electron chi connectivity index (χ2n) is 5.03. The first-order valence-corrected chi connectivity index (χ1v) is 6.70. The molecule has 0 bridgehead atoms. The van der Waals surface area contributed by atoms with E-state index in [-0.39, 0.29) is 18.0 Å². The third kappa shape index (κ3) is 3.18. The van der Waals surface area contributed by atoms with Gasteiger partial charge in [0.25, 0.3) is 11.8 Å². The van der Waals surface area contributed by atoms with Gasteiger partial charge in [-0.25, -0.2) is 11.3 Å². The summed E-state index contributed by atoms with van der Waals surface area (Å²) in [6.45, 7) is 4.73. The summed E-state index contributed by atoms with van der Waals surface area (Å²) in [5.41, 5.74) is 2.72. The van der Waals surface area contributed by atoms with Gasteiger partial charge in [-0.15, -0.1) is 0 Å². The highest BCUT2D eigenvalue weighted by atomic mass is 16.5. The van der Waals surface area contributed by atoms with Crippen LogP contribution in [-0.4, -0.2) is 51.1 Å². The molecule has 2 heterocycles.